The topological polar surface area (TPSA) is 45.7 Å². The zero-order valence-electron chi connectivity index (χ0n) is 12.3. The molecule has 0 amide bonds. The number of nitrogens with one attached hydrogen (secondary N) is 2. The van der Waals surface area contributed by atoms with Crippen LogP contribution < -0.4 is 10.6 Å². The van der Waals surface area contributed by atoms with E-state index in [1.165, 1.54) is 9.75 Å². The lowest BCUT2D eigenvalue weighted by atomic mass is 10.4. The van der Waals surface area contributed by atoms with E-state index in [4.69, 9.17) is 4.74 Å². The van der Waals surface area contributed by atoms with E-state index in [1.54, 1.807) is 7.05 Å². The fourth-order valence-corrected chi connectivity index (χ4v) is 2.40. The van der Waals surface area contributed by atoms with Crippen LogP contribution in [0.4, 0.5) is 0 Å². The van der Waals surface area contributed by atoms with Crippen molar-refractivity contribution in [2.24, 2.45) is 4.99 Å². The molecule has 4 nitrogen and oxygen atoms in total. The molecule has 2 N–H and O–H groups in total. The molecule has 0 saturated carbocycles. The van der Waals surface area contributed by atoms with E-state index in [0.29, 0.717) is 6.10 Å². The van der Waals surface area contributed by atoms with Crippen LogP contribution in [0.2, 0.25) is 0 Å². The molecule has 0 bridgehead atoms. The van der Waals surface area contributed by atoms with Crippen molar-refractivity contribution in [3.63, 3.8) is 0 Å². The van der Waals surface area contributed by atoms with E-state index in [9.17, 15) is 0 Å². The summed E-state index contributed by atoms with van der Waals surface area (Å²) in [5.74, 6) is 0.843. The van der Waals surface area contributed by atoms with Crippen LogP contribution in [0.25, 0.3) is 0 Å². The summed E-state index contributed by atoms with van der Waals surface area (Å²) in [7, 11) is 1.79. The van der Waals surface area contributed by atoms with Gasteiger partial charge in [0.25, 0.3) is 0 Å². The predicted molar refractivity (Wildman–Crippen MR) is 83.0 cm³/mol. The Morgan fingerprint density at radius 1 is 1.37 bits per heavy atom. The number of aryl methyl sites for hydroxylation is 1. The molecule has 5 heteroatoms. The lowest BCUT2D eigenvalue weighted by Crippen LogP contribution is -2.37. The third kappa shape index (κ3) is 7.18. The Morgan fingerprint density at radius 3 is 2.74 bits per heavy atom. The summed E-state index contributed by atoms with van der Waals surface area (Å²) in [6.45, 7) is 8.70. The van der Waals surface area contributed by atoms with Crippen molar-refractivity contribution in [3.8, 4) is 0 Å². The van der Waals surface area contributed by atoms with Crippen LogP contribution in [0.3, 0.4) is 0 Å². The molecule has 0 saturated heterocycles. The number of hydrogen-bond donors (Lipinski definition) is 2. The predicted octanol–water partition coefficient (Wildman–Crippen LogP) is 2.54. The molecule has 0 fully saturated rings. The van der Waals surface area contributed by atoms with Gasteiger partial charge in [-0.25, -0.2) is 0 Å². The normalized spacial score (nSPS) is 11.9. The van der Waals surface area contributed by atoms with Gasteiger partial charge >= 0.3 is 0 Å². The summed E-state index contributed by atoms with van der Waals surface area (Å²) in [5, 5.41) is 6.59. The summed E-state index contributed by atoms with van der Waals surface area (Å²) < 4.78 is 5.49. The Hall–Kier alpha value is -1.07. The van der Waals surface area contributed by atoms with Crippen LogP contribution in [0.5, 0.6) is 0 Å². The average Bonchev–Trinajstić information content (AvgIpc) is 2.78. The van der Waals surface area contributed by atoms with Gasteiger partial charge in [-0.3, -0.25) is 4.99 Å². The van der Waals surface area contributed by atoms with Crippen LogP contribution in [0.15, 0.2) is 17.1 Å². The lowest BCUT2D eigenvalue weighted by Gasteiger charge is -2.12. The number of nitrogens with zero attached hydrogens (tertiary/aromatic N) is 1. The van der Waals surface area contributed by atoms with Gasteiger partial charge in [-0.05, 0) is 39.3 Å². The molecule has 0 radical (unpaired) electrons. The van der Waals surface area contributed by atoms with Gasteiger partial charge in [0, 0.05) is 30.0 Å². The zero-order valence-corrected chi connectivity index (χ0v) is 13.1. The van der Waals surface area contributed by atoms with Gasteiger partial charge in [-0.15, -0.1) is 11.3 Å². The van der Waals surface area contributed by atoms with Crippen LogP contribution >= 0.6 is 11.3 Å². The van der Waals surface area contributed by atoms with Crippen molar-refractivity contribution in [2.75, 3.05) is 20.2 Å². The first-order chi connectivity index (χ1) is 9.11. The van der Waals surface area contributed by atoms with Gasteiger partial charge < -0.3 is 15.4 Å². The van der Waals surface area contributed by atoms with E-state index in [2.05, 4.69) is 48.5 Å². The minimum Gasteiger partial charge on any atom is -0.379 e. The molecule has 0 atom stereocenters. The third-order valence-electron chi connectivity index (χ3n) is 2.51. The van der Waals surface area contributed by atoms with Crippen molar-refractivity contribution in [1.29, 1.82) is 0 Å². The number of aliphatic imine (C=N–C) groups is 1. The Labute approximate surface area is 120 Å². The maximum absolute atomic E-state index is 5.49. The largest absolute Gasteiger partial charge is 0.379 e. The van der Waals surface area contributed by atoms with Gasteiger partial charge in [0.1, 0.15) is 0 Å². The Morgan fingerprint density at radius 2 is 2.16 bits per heavy atom. The van der Waals surface area contributed by atoms with Crippen LogP contribution in [-0.2, 0) is 11.3 Å². The summed E-state index contributed by atoms with van der Waals surface area (Å²) in [4.78, 5) is 6.86. The molecular formula is C14H25N3OS. The van der Waals surface area contributed by atoms with Gasteiger partial charge in [0.2, 0.25) is 0 Å². The minimum absolute atomic E-state index is 0.305. The highest BCUT2D eigenvalue weighted by molar-refractivity contribution is 7.11. The van der Waals surface area contributed by atoms with Gasteiger partial charge in [0.05, 0.1) is 12.6 Å². The standard InChI is InChI=1S/C14H25N3OS/c1-11(2)18-9-5-8-16-14(15-4)17-10-13-7-6-12(3)19-13/h6-7,11H,5,8-10H2,1-4H3,(H2,15,16,17). The molecule has 108 valence electrons. The second-order valence-electron chi connectivity index (χ2n) is 4.64. The molecule has 1 rings (SSSR count). The summed E-state index contributed by atoms with van der Waals surface area (Å²) in [6, 6.07) is 4.29. The first-order valence-electron chi connectivity index (χ1n) is 6.73. The third-order valence-corrected chi connectivity index (χ3v) is 3.52. The highest BCUT2D eigenvalue weighted by Gasteiger charge is 2.00. The van der Waals surface area contributed by atoms with Crippen LogP contribution in [0.1, 0.15) is 30.0 Å². The van der Waals surface area contributed by atoms with Crippen molar-refractivity contribution >= 4 is 17.3 Å². The van der Waals surface area contributed by atoms with E-state index in [1.807, 2.05) is 11.3 Å². The Bertz CT molecular complexity index is 388. The minimum atomic E-state index is 0.305. The molecule has 1 heterocycles. The molecule has 0 spiro atoms. The number of guanidine groups is 1. The van der Waals surface area contributed by atoms with Crippen LogP contribution in [-0.4, -0.2) is 32.3 Å². The monoisotopic (exact) mass is 283 g/mol. The Kier molecular flexibility index (Phi) is 7.52. The van der Waals surface area contributed by atoms with E-state index < -0.39 is 0 Å². The van der Waals surface area contributed by atoms with Crippen molar-refractivity contribution < 1.29 is 4.74 Å². The molecular weight excluding hydrogens is 258 g/mol. The number of ether oxygens (including phenoxy) is 1. The fraction of sp³-hybridized carbons (Fsp3) is 0.643. The molecule has 0 unspecified atom stereocenters. The quantitative estimate of drug-likeness (QED) is 0.459. The molecule has 0 aliphatic rings. The van der Waals surface area contributed by atoms with E-state index in [0.717, 1.165) is 32.1 Å². The second-order valence-corrected chi connectivity index (χ2v) is 6.01. The molecule has 19 heavy (non-hydrogen) atoms. The Balaban J connectivity index is 2.16. The van der Waals surface area contributed by atoms with Crippen LogP contribution in [0, 0.1) is 6.92 Å². The molecule has 0 aliphatic carbocycles. The molecule has 0 aromatic carbocycles. The van der Waals surface area contributed by atoms with Crippen molar-refractivity contribution in [2.45, 2.75) is 39.8 Å². The smallest absolute Gasteiger partial charge is 0.191 e. The molecule has 0 aliphatic heterocycles. The highest BCUT2D eigenvalue weighted by Crippen LogP contribution is 2.14. The maximum atomic E-state index is 5.49. The van der Waals surface area contributed by atoms with Gasteiger partial charge in [-0.2, -0.15) is 0 Å². The first-order valence-corrected chi connectivity index (χ1v) is 7.55. The van der Waals surface area contributed by atoms with Crippen molar-refractivity contribution in [1.82, 2.24) is 10.6 Å². The second kappa shape index (κ2) is 8.93. The van der Waals surface area contributed by atoms with E-state index in [-0.39, 0.29) is 0 Å². The van der Waals surface area contributed by atoms with E-state index >= 15 is 0 Å². The number of thiophene rings is 1. The maximum Gasteiger partial charge on any atom is 0.191 e. The number of hydrogen-bond acceptors (Lipinski definition) is 3. The molecule has 1 aromatic heterocycles. The number of rotatable bonds is 7. The first kappa shape index (κ1) is 16.0. The SMILES string of the molecule is CN=C(NCCCOC(C)C)NCc1ccc(C)s1. The lowest BCUT2D eigenvalue weighted by molar-refractivity contribution is 0.0776. The van der Waals surface area contributed by atoms with Crippen molar-refractivity contribution in [3.05, 3.63) is 21.9 Å². The zero-order chi connectivity index (χ0) is 14.1. The highest BCUT2D eigenvalue weighted by atomic mass is 32.1. The fourth-order valence-electron chi connectivity index (χ4n) is 1.57. The summed E-state index contributed by atoms with van der Waals surface area (Å²) in [5.41, 5.74) is 0. The van der Waals surface area contributed by atoms with Gasteiger partial charge in [0.15, 0.2) is 5.96 Å². The molecule has 1 aromatic rings. The summed E-state index contributed by atoms with van der Waals surface area (Å²) in [6.07, 6.45) is 1.29. The summed E-state index contributed by atoms with van der Waals surface area (Å²) >= 11 is 1.81. The average molecular weight is 283 g/mol. The van der Waals surface area contributed by atoms with Gasteiger partial charge in [-0.1, -0.05) is 0 Å².